The number of amides is 1. The summed E-state index contributed by atoms with van der Waals surface area (Å²) in [6, 6.07) is 17.2. The molecule has 3 aromatic rings. The highest BCUT2D eigenvalue weighted by Crippen LogP contribution is 2.15. The van der Waals surface area contributed by atoms with Gasteiger partial charge in [-0.1, -0.05) is 35.9 Å². The summed E-state index contributed by atoms with van der Waals surface area (Å²) in [6.07, 6.45) is 1.62. The molecule has 0 saturated heterocycles. The third-order valence-corrected chi connectivity index (χ3v) is 3.63. The fraction of sp³-hybridized carbons (Fsp3) is 0.0588. The van der Waals surface area contributed by atoms with Crippen LogP contribution in [-0.4, -0.2) is 15.5 Å². The molecule has 1 heterocycles. The van der Waals surface area contributed by atoms with Gasteiger partial charge >= 0.3 is 0 Å². The molecule has 0 spiro atoms. The van der Waals surface area contributed by atoms with Crippen molar-refractivity contribution in [1.82, 2.24) is 9.55 Å². The zero-order valence-corrected chi connectivity index (χ0v) is 12.9. The standard InChI is InChI=1S/C17H15N3OS/c1-12-7-9-13(10-8-12)19-16(21)15-11-18-17(22)20(15)14-5-3-2-4-6-14/h2-11H,1H3,(H,18,22)(H,19,21). The zero-order valence-electron chi connectivity index (χ0n) is 12.0. The summed E-state index contributed by atoms with van der Waals surface area (Å²) in [6.45, 7) is 2.00. The minimum Gasteiger partial charge on any atom is -0.336 e. The van der Waals surface area contributed by atoms with Gasteiger partial charge in [-0.2, -0.15) is 0 Å². The van der Waals surface area contributed by atoms with Crippen molar-refractivity contribution in [2.45, 2.75) is 6.92 Å². The van der Waals surface area contributed by atoms with Crippen molar-refractivity contribution in [2.75, 3.05) is 5.32 Å². The fourth-order valence-electron chi connectivity index (χ4n) is 2.20. The van der Waals surface area contributed by atoms with Gasteiger partial charge in [0.1, 0.15) is 5.69 Å². The Morgan fingerprint density at radius 1 is 1.09 bits per heavy atom. The number of hydrogen-bond donors (Lipinski definition) is 2. The summed E-state index contributed by atoms with van der Waals surface area (Å²) in [5.41, 5.74) is 3.22. The first-order chi connectivity index (χ1) is 10.6. The number of para-hydroxylation sites is 1. The lowest BCUT2D eigenvalue weighted by molar-refractivity contribution is 0.102. The third kappa shape index (κ3) is 2.84. The third-order valence-electron chi connectivity index (χ3n) is 3.33. The average molecular weight is 309 g/mol. The van der Waals surface area contributed by atoms with Crippen LogP contribution in [0.25, 0.3) is 5.69 Å². The van der Waals surface area contributed by atoms with Crippen LogP contribution in [0.3, 0.4) is 0 Å². The van der Waals surface area contributed by atoms with Crippen LogP contribution in [0.5, 0.6) is 0 Å². The predicted molar refractivity (Wildman–Crippen MR) is 90.1 cm³/mol. The number of benzene rings is 2. The minimum atomic E-state index is -0.208. The summed E-state index contributed by atoms with van der Waals surface area (Å²) < 4.78 is 2.21. The van der Waals surface area contributed by atoms with Crippen LogP contribution in [0.1, 0.15) is 16.1 Å². The van der Waals surface area contributed by atoms with Gasteiger partial charge in [0.05, 0.1) is 0 Å². The summed E-state index contributed by atoms with van der Waals surface area (Å²) in [5.74, 6) is -0.208. The molecular weight excluding hydrogens is 294 g/mol. The lowest BCUT2D eigenvalue weighted by Gasteiger charge is -2.09. The smallest absolute Gasteiger partial charge is 0.274 e. The number of H-pyrrole nitrogens is 1. The number of aromatic nitrogens is 2. The van der Waals surface area contributed by atoms with E-state index in [-0.39, 0.29) is 5.91 Å². The lowest BCUT2D eigenvalue weighted by Crippen LogP contribution is -2.16. The molecule has 0 aliphatic rings. The Kier molecular flexibility index (Phi) is 3.89. The summed E-state index contributed by atoms with van der Waals surface area (Å²) in [7, 11) is 0. The number of carbonyl (C=O) groups excluding carboxylic acids is 1. The van der Waals surface area contributed by atoms with Crippen LogP contribution >= 0.6 is 12.2 Å². The molecule has 0 bridgehead atoms. The Morgan fingerprint density at radius 2 is 1.77 bits per heavy atom. The molecule has 110 valence electrons. The molecule has 5 heteroatoms. The number of hydrogen-bond acceptors (Lipinski definition) is 2. The largest absolute Gasteiger partial charge is 0.336 e. The molecule has 22 heavy (non-hydrogen) atoms. The van der Waals surface area contributed by atoms with Crippen LogP contribution in [0.15, 0.2) is 60.8 Å². The van der Waals surface area contributed by atoms with Crippen molar-refractivity contribution >= 4 is 23.8 Å². The van der Waals surface area contributed by atoms with E-state index in [1.807, 2.05) is 61.5 Å². The van der Waals surface area contributed by atoms with E-state index in [0.29, 0.717) is 10.5 Å². The number of anilines is 1. The number of aromatic amines is 1. The van der Waals surface area contributed by atoms with Gasteiger partial charge in [0.2, 0.25) is 0 Å². The van der Waals surface area contributed by atoms with Gasteiger partial charge < -0.3 is 10.3 Å². The molecule has 0 atom stereocenters. The molecule has 1 amide bonds. The summed E-state index contributed by atoms with van der Waals surface area (Å²) in [4.78, 5) is 15.4. The molecule has 0 radical (unpaired) electrons. The molecule has 0 aliphatic heterocycles. The second-order valence-electron chi connectivity index (χ2n) is 4.97. The highest BCUT2D eigenvalue weighted by molar-refractivity contribution is 7.71. The lowest BCUT2D eigenvalue weighted by atomic mass is 10.2. The molecule has 0 aliphatic carbocycles. The van der Waals surface area contributed by atoms with Crippen molar-refractivity contribution in [2.24, 2.45) is 0 Å². The first-order valence-electron chi connectivity index (χ1n) is 6.89. The number of aryl methyl sites for hydroxylation is 1. The van der Waals surface area contributed by atoms with E-state index < -0.39 is 0 Å². The van der Waals surface area contributed by atoms with Crippen molar-refractivity contribution in [1.29, 1.82) is 0 Å². The van der Waals surface area contributed by atoms with Gasteiger partial charge in [0, 0.05) is 17.6 Å². The zero-order chi connectivity index (χ0) is 15.5. The van der Waals surface area contributed by atoms with E-state index in [2.05, 4.69) is 10.3 Å². The van der Waals surface area contributed by atoms with Crippen LogP contribution in [-0.2, 0) is 0 Å². The Morgan fingerprint density at radius 3 is 2.45 bits per heavy atom. The number of carbonyl (C=O) groups is 1. The normalized spacial score (nSPS) is 10.4. The Balaban J connectivity index is 1.94. The van der Waals surface area contributed by atoms with Crippen molar-refractivity contribution in [3.63, 3.8) is 0 Å². The van der Waals surface area contributed by atoms with E-state index in [9.17, 15) is 4.79 Å². The van der Waals surface area contributed by atoms with Gasteiger partial charge in [0.15, 0.2) is 4.77 Å². The summed E-state index contributed by atoms with van der Waals surface area (Å²) in [5, 5.41) is 2.88. The molecule has 0 saturated carbocycles. The maximum atomic E-state index is 12.5. The number of nitrogens with one attached hydrogen (secondary N) is 2. The minimum absolute atomic E-state index is 0.208. The van der Waals surface area contributed by atoms with E-state index in [1.54, 1.807) is 10.8 Å². The van der Waals surface area contributed by atoms with Crippen LogP contribution in [0, 0.1) is 11.7 Å². The number of nitrogens with zero attached hydrogens (tertiary/aromatic N) is 1. The van der Waals surface area contributed by atoms with Gasteiger partial charge in [0.25, 0.3) is 5.91 Å². The van der Waals surface area contributed by atoms with E-state index >= 15 is 0 Å². The van der Waals surface area contributed by atoms with Crippen LogP contribution in [0.2, 0.25) is 0 Å². The molecular formula is C17H15N3OS. The molecule has 2 aromatic carbocycles. The van der Waals surface area contributed by atoms with Gasteiger partial charge in [-0.25, -0.2) is 0 Å². The average Bonchev–Trinajstić information content (AvgIpc) is 2.92. The highest BCUT2D eigenvalue weighted by atomic mass is 32.1. The Bertz CT molecular complexity index is 848. The monoisotopic (exact) mass is 309 g/mol. The second kappa shape index (κ2) is 5.99. The van der Waals surface area contributed by atoms with E-state index in [4.69, 9.17) is 12.2 Å². The Hall–Kier alpha value is -2.66. The van der Waals surface area contributed by atoms with Crippen LogP contribution < -0.4 is 5.32 Å². The van der Waals surface area contributed by atoms with Crippen molar-refractivity contribution < 1.29 is 4.79 Å². The fourth-order valence-corrected chi connectivity index (χ4v) is 2.46. The van der Waals surface area contributed by atoms with Crippen molar-refractivity contribution in [3.05, 3.63) is 76.8 Å². The number of imidazole rings is 1. The maximum absolute atomic E-state index is 12.5. The first-order valence-corrected chi connectivity index (χ1v) is 7.30. The quantitative estimate of drug-likeness (QED) is 0.716. The molecule has 2 N–H and O–H groups in total. The molecule has 1 aromatic heterocycles. The SMILES string of the molecule is Cc1ccc(NC(=O)c2c[nH]c(=S)n2-c2ccccc2)cc1. The molecule has 0 fully saturated rings. The van der Waals surface area contributed by atoms with Crippen molar-refractivity contribution in [3.8, 4) is 5.69 Å². The Labute approximate surface area is 133 Å². The first kappa shape index (κ1) is 14.3. The second-order valence-corrected chi connectivity index (χ2v) is 5.36. The molecule has 3 rings (SSSR count). The summed E-state index contributed by atoms with van der Waals surface area (Å²) >= 11 is 5.28. The topological polar surface area (TPSA) is 49.8 Å². The van der Waals surface area contributed by atoms with Gasteiger partial charge in [-0.15, -0.1) is 0 Å². The molecule has 0 unspecified atom stereocenters. The number of rotatable bonds is 3. The maximum Gasteiger partial charge on any atom is 0.274 e. The van der Waals surface area contributed by atoms with Gasteiger partial charge in [-0.3, -0.25) is 9.36 Å². The molecule has 4 nitrogen and oxygen atoms in total. The van der Waals surface area contributed by atoms with Gasteiger partial charge in [-0.05, 0) is 43.4 Å². The van der Waals surface area contributed by atoms with Crippen LogP contribution in [0.4, 0.5) is 5.69 Å². The van der Waals surface area contributed by atoms with E-state index in [1.165, 1.54) is 0 Å². The highest BCUT2D eigenvalue weighted by Gasteiger charge is 2.14. The predicted octanol–water partition coefficient (Wildman–Crippen LogP) is 4.10. The van der Waals surface area contributed by atoms with E-state index in [0.717, 1.165) is 16.9 Å².